The lowest BCUT2D eigenvalue weighted by Crippen LogP contribution is -2.71. The number of rotatable bonds is 6. The van der Waals surface area contributed by atoms with Crippen LogP contribution in [0.15, 0.2) is 36.9 Å². The van der Waals surface area contributed by atoms with Crippen molar-refractivity contribution in [3.05, 3.63) is 65.0 Å². The average molecular weight is 673 g/mol. The molecule has 0 spiro atoms. The highest BCUT2D eigenvalue weighted by Crippen LogP contribution is 2.63. The molecule has 0 radical (unpaired) electrons. The van der Waals surface area contributed by atoms with Gasteiger partial charge in [0.2, 0.25) is 5.69 Å². The minimum atomic E-state index is -0.732. The van der Waals surface area contributed by atoms with Crippen LogP contribution in [0.1, 0.15) is 38.5 Å². The summed E-state index contributed by atoms with van der Waals surface area (Å²) in [7, 11) is 0. The summed E-state index contributed by atoms with van der Waals surface area (Å²) >= 11 is 8.06. The summed E-state index contributed by atoms with van der Waals surface area (Å²) in [5.74, 6) is 0.122. The molecule has 2 atom stereocenters. The molecule has 10 rings (SSSR count). The van der Waals surface area contributed by atoms with Crippen molar-refractivity contribution >= 4 is 60.4 Å². The SMILES string of the molecule is [C-]#[N+]c1c(N)sc2c(F)ccc(-c3c(Cl)c4c5c(nc(OC[C@@]67CCCN6CC(=C)C7)nc5c3F)N(C35CC(C3)C5)[C@H](C=C)CO4)c12. The molecule has 5 fully saturated rings. The zero-order chi connectivity index (χ0) is 32.4. The Morgan fingerprint density at radius 2 is 2.06 bits per heavy atom. The van der Waals surface area contributed by atoms with Crippen LogP contribution in [0.25, 0.3) is 37.0 Å². The van der Waals surface area contributed by atoms with Crippen molar-refractivity contribution in [2.24, 2.45) is 5.92 Å². The monoisotopic (exact) mass is 672 g/mol. The zero-order valence-corrected chi connectivity index (χ0v) is 27.1. The molecule has 3 aliphatic heterocycles. The number of nitrogens with two attached hydrogens (primary N) is 1. The number of thiophene rings is 1. The molecule has 0 unspecified atom stereocenters. The number of fused-ring (bicyclic) bond motifs is 2. The molecule has 5 heterocycles. The van der Waals surface area contributed by atoms with E-state index in [-0.39, 0.29) is 77.9 Å². The standard InChI is InChI=1S/C35H31ClF2N6O2S/c1-4-19-15-45-29-24-27(26(38)22(25(29)36)20-6-7-21(37)30-23(20)28(40-3)31(39)47-30)41-33(42-32(24)44(19)35-11-18(12-35)13-35)46-16-34-8-5-9-43(34)14-17(2)10-34/h4,6-7,18-19H,1-2,5,8-16,39H2/t18?,19-,34+,35?/m1/s1. The minimum absolute atomic E-state index is 0.00524. The Labute approximate surface area is 279 Å². The highest BCUT2D eigenvalue weighted by molar-refractivity contribution is 7.23. The van der Waals surface area contributed by atoms with E-state index >= 15 is 8.78 Å². The van der Waals surface area contributed by atoms with Gasteiger partial charge in [0.1, 0.15) is 30.4 Å². The summed E-state index contributed by atoms with van der Waals surface area (Å²) in [6.45, 7) is 18.5. The molecule has 2 aromatic heterocycles. The van der Waals surface area contributed by atoms with E-state index in [0.717, 1.165) is 63.0 Å². The van der Waals surface area contributed by atoms with Gasteiger partial charge in [-0.25, -0.2) is 13.6 Å². The lowest BCUT2D eigenvalue weighted by atomic mass is 9.48. The maximum Gasteiger partial charge on any atom is 0.319 e. The van der Waals surface area contributed by atoms with E-state index in [0.29, 0.717) is 23.7 Å². The number of benzene rings is 2. The maximum absolute atomic E-state index is 17.3. The van der Waals surface area contributed by atoms with E-state index < -0.39 is 11.6 Å². The van der Waals surface area contributed by atoms with Crippen LogP contribution in [0.3, 0.4) is 0 Å². The van der Waals surface area contributed by atoms with Crippen molar-refractivity contribution < 1.29 is 18.3 Å². The maximum atomic E-state index is 17.3. The first-order valence-corrected chi connectivity index (χ1v) is 17.1. The fourth-order valence-electron chi connectivity index (χ4n) is 8.86. The summed E-state index contributed by atoms with van der Waals surface area (Å²) in [6, 6.07) is 2.47. The second kappa shape index (κ2) is 10.0. The first-order chi connectivity index (χ1) is 22.7. The summed E-state index contributed by atoms with van der Waals surface area (Å²) in [5, 5.41) is 0.706. The summed E-state index contributed by atoms with van der Waals surface area (Å²) in [5.41, 5.74) is 7.22. The van der Waals surface area contributed by atoms with Gasteiger partial charge in [0.15, 0.2) is 11.6 Å². The Morgan fingerprint density at radius 3 is 2.79 bits per heavy atom. The number of hydrogen-bond donors (Lipinski definition) is 1. The normalized spacial score (nSPS) is 27.6. The van der Waals surface area contributed by atoms with Crippen LogP contribution in [0.4, 0.5) is 25.3 Å². The Morgan fingerprint density at radius 1 is 1.26 bits per heavy atom. The molecule has 2 bridgehead atoms. The molecular weight excluding hydrogens is 642 g/mol. The van der Waals surface area contributed by atoms with Gasteiger partial charge in [-0.2, -0.15) is 9.97 Å². The number of ether oxygens (including phenoxy) is 2. The zero-order valence-electron chi connectivity index (χ0n) is 25.5. The molecule has 3 saturated carbocycles. The van der Waals surface area contributed by atoms with Crippen molar-refractivity contribution in [1.82, 2.24) is 14.9 Å². The lowest BCUT2D eigenvalue weighted by molar-refractivity contribution is -0.0306. The van der Waals surface area contributed by atoms with Gasteiger partial charge in [-0.15, -0.1) is 17.9 Å². The molecule has 12 heteroatoms. The molecule has 0 amide bonds. The Balaban J connectivity index is 1.28. The van der Waals surface area contributed by atoms with E-state index in [1.807, 2.05) is 6.08 Å². The third-order valence-electron chi connectivity index (χ3n) is 11.1. The van der Waals surface area contributed by atoms with E-state index in [4.69, 9.17) is 43.3 Å². The van der Waals surface area contributed by atoms with Crippen LogP contribution in [-0.4, -0.2) is 58.3 Å². The predicted molar refractivity (Wildman–Crippen MR) is 181 cm³/mol. The Bertz CT molecular complexity index is 2110. The topological polar surface area (TPSA) is 81.1 Å². The fourth-order valence-corrected chi connectivity index (χ4v) is 10.1. The quantitative estimate of drug-likeness (QED) is 0.164. The minimum Gasteiger partial charge on any atom is -0.489 e. The first kappa shape index (κ1) is 29.2. The second-order valence-corrected chi connectivity index (χ2v) is 15.2. The van der Waals surface area contributed by atoms with E-state index in [1.54, 1.807) is 0 Å². The summed E-state index contributed by atoms with van der Waals surface area (Å²) in [4.78, 5) is 17.9. The number of nitrogen functional groups attached to an aromatic ring is 1. The van der Waals surface area contributed by atoms with Gasteiger partial charge in [-0.3, -0.25) is 4.90 Å². The van der Waals surface area contributed by atoms with Crippen molar-refractivity contribution in [2.75, 3.05) is 36.9 Å². The van der Waals surface area contributed by atoms with Gasteiger partial charge < -0.3 is 20.1 Å². The third kappa shape index (κ3) is 3.92. The van der Waals surface area contributed by atoms with Crippen LogP contribution in [0, 0.1) is 24.1 Å². The number of anilines is 2. The third-order valence-corrected chi connectivity index (χ3v) is 12.4. The van der Waals surface area contributed by atoms with Crippen LogP contribution in [-0.2, 0) is 0 Å². The molecule has 8 nitrogen and oxygen atoms in total. The molecule has 2 saturated heterocycles. The molecular formula is C35H31ClF2N6O2S. The van der Waals surface area contributed by atoms with E-state index in [9.17, 15) is 0 Å². The molecule has 3 aliphatic carbocycles. The lowest BCUT2D eigenvalue weighted by Gasteiger charge is -2.67. The average Bonchev–Trinajstić information content (AvgIpc) is 3.61. The molecule has 47 heavy (non-hydrogen) atoms. The van der Waals surface area contributed by atoms with E-state index in [2.05, 4.69) is 27.8 Å². The molecule has 4 aromatic rings. The number of aromatic nitrogens is 2. The van der Waals surface area contributed by atoms with Crippen LogP contribution in [0.5, 0.6) is 11.8 Å². The van der Waals surface area contributed by atoms with Gasteiger partial charge in [0.05, 0.1) is 38.3 Å². The van der Waals surface area contributed by atoms with Gasteiger partial charge in [-0.1, -0.05) is 35.9 Å². The summed E-state index contributed by atoms with van der Waals surface area (Å²) in [6.07, 6.45) is 7.75. The van der Waals surface area contributed by atoms with Crippen LogP contribution >= 0.6 is 22.9 Å². The van der Waals surface area contributed by atoms with Crippen molar-refractivity contribution in [2.45, 2.75) is 55.6 Å². The predicted octanol–water partition coefficient (Wildman–Crippen LogP) is 8.06. The van der Waals surface area contributed by atoms with Gasteiger partial charge in [0, 0.05) is 23.0 Å². The van der Waals surface area contributed by atoms with Crippen LogP contribution in [0.2, 0.25) is 5.02 Å². The number of hydrogen-bond acceptors (Lipinski definition) is 8. The second-order valence-electron chi connectivity index (χ2n) is 13.8. The van der Waals surface area contributed by atoms with Gasteiger partial charge in [-0.05, 0) is 62.6 Å². The smallest absolute Gasteiger partial charge is 0.319 e. The van der Waals surface area contributed by atoms with Crippen molar-refractivity contribution in [1.29, 1.82) is 0 Å². The highest BCUT2D eigenvalue weighted by atomic mass is 35.5. The van der Waals surface area contributed by atoms with Gasteiger partial charge in [0.25, 0.3) is 0 Å². The van der Waals surface area contributed by atoms with Crippen molar-refractivity contribution in [3.8, 4) is 22.9 Å². The Kier molecular flexibility index (Phi) is 6.22. The molecule has 2 N–H and O–H groups in total. The highest BCUT2D eigenvalue weighted by Gasteiger charge is 2.62. The van der Waals surface area contributed by atoms with E-state index in [1.165, 1.54) is 17.7 Å². The molecule has 2 aromatic carbocycles. The van der Waals surface area contributed by atoms with Gasteiger partial charge >= 0.3 is 6.01 Å². The number of halogens is 3. The first-order valence-electron chi connectivity index (χ1n) is 15.9. The largest absolute Gasteiger partial charge is 0.489 e. The molecule has 240 valence electrons. The summed E-state index contributed by atoms with van der Waals surface area (Å²) < 4.78 is 45.3. The Hall–Kier alpha value is -3.98. The molecule has 6 aliphatic rings. The van der Waals surface area contributed by atoms with Crippen molar-refractivity contribution in [3.63, 3.8) is 0 Å². The fraction of sp³-hybridized carbons (Fsp3) is 0.400. The van der Waals surface area contributed by atoms with Crippen LogP contribution < -0.4 is 20.1 Å². The number of nitrogens with zero attached hydrogens (tertiary/aromatic N) is 5.